The summed E-state index contributed by atoms with van der Waals surface area (Å²) in [6.45, 7) is 2.09. The van der Waals surface area contributed by atoms with Gasteiger partial charge in [0.1, 0.15) is 11.3 Å². The molecule has 2 aromatic heterocycles. The highest BCUT2D eigenvalue weighted by Crippen LogP contribution is 2.13. The molecule has 0 radical (unpaired) electrons. The zero-order chi connectivity index (χ0) is 15.5. The van der Waals surface area contributed by atoms with Crippen LogP contribution in [0.1, 0.15) is 21.6 Å². The lowest BCUT2D eigenvalue weighted by molar-refractivity contribution is 0.102. The van der Waals surface area contributed by atoms with Gasteiger partial charge in [0, 0.05) is 18.5 Å². The number of nitrogens with one attached hydrogen (secondary N) is 1. The van der Waals surface area contributed by atoms with Crippen LogP contribution in [0.25, 0.3) is 5.65 Å². The van der Waals surface area contributed by atoms with Gasteiger partial charge in [-0.3, -0.25) is 9.20 Å². The van der Waals surface area contributed by atoms with Crippen LogP contribution in [-0.2, 0) is 6.42 Å². The summed E-state index contributed by atoms with van der Waals surface area (Å²) < 4.78 is 1.78. The SMILES string of the molecule is Cc1ccc2ncc(C(=O)Nc3ccc(CCO)cc3)n2c1. The Bertz CT molecular complexity index is 806. The van der Waals surface area contributed by atoms with Crippen LogP contribution in [0.5, 0.6) is 0 Å². The van der Waals surface area contributed by atoms with Crippen LogP contribution < -0.4 is 5.32 Å². The van der Waals surface area contributed by atoms with Crippen molar-refractivity contribution in [2.24, 2.45) is 0 Å². The molecule has 1 aromatic carbocycles. The molecule has 3 aromatic rings. The first kappa shape index (κ1) is 14.3. The van der Waals surface area contributed by atoms with E-state index in [1.807, 2.05) is 49.5 Å². The molecular weight excluding hydrogens is 278 g/mol. The van der Waals surface area contributed by atoms with Gasteiger partial charge < -0.3 is 10.4 Å². The van der Waals surface area contributed by atoms with Crippen LogP contribution in [0.15, 0.2) is 48.8 Å². The quantitative estimate of drug-likeness (QED) is 0.777. The number of aliphatic hydroxyl groups excluding tert-OH is 1. The number of hydrogen-bond donors (Lipinski definition) is 2. The fraction of sp³-hybridized carbons (Fsp3) is 0.176. The molecule has 0 unspecified atom stereocenters. The second-order valence-corrected chi connectivity index (χ2v) is 5.20. The maximum atomic E-state index is 12.4. The second-order valence-electron chi connectivity index (χ2n) is 5.20. The van der Waals surface area contributed by atoms with Gasteiger partial charge in [0.05, 0.1) is 6.20 Å². The van der Waals surface area contributed by atoms with Gasteiger partial charge in [-0.1, -0.05) is 18.2 Å². The minimum atomic E-state index is -0.201. The molecule has 0 atom stereocenters. The second kappa shape index (κ2) is 5.99. The predicted molar refractivity (Wildman–Crippen MR) is 85.1 cm³/mol. The molecule has 2 N–H and O–H groups in total. The number of aryl methyl sites for hydroxylation is 1. The van der Waals surface area contributed by atoms with Gasteiger partial charge in [-0.15, -0.1) is 0 Å². The minimum Gasteiger partial charge on any atom is -0.396 e. The van der Waals surface area contributed by atoms with E-state index in [0.717, 1.165) is 16.8 Å². The predicted octanol–water partition coefficient (Wildman–Crippen LogP) is 2.43. The summed E-state index contributed by atoms with van der Waals surface area (Å²) in [6, 6.07) is 11.3. The average molecular weight is 295 g/mol. The van der Waals surface area contributed by atoms with Crippen LogP contribution in [0.2, 0.25) is 0 Å². The lowest BCUT2D eigenvalue weighted by atomic mass is 10.1. The number of rotatable bonds is 4. The Kier molecular flexibility index (Phi) is 3.89. The van der Waals surface area contributed by atoms with Crippen LogP contribution in [0.4, 0.5) is 5.69 Å². The fourth-order valence-corrected chi connectivity index (χ4v) is 2.33. The van der Waals surface area contributed by atoms with Crippen molar-refractivity contribution in [3.05, 3.63) is 65.6 Å². The first-order valence-corrected chi connectivity index (χ1v) is 7.12. The molecule has 0 fully saturated rings. The summed E-state index contributed by atoms with van der Waals surface area (Å²) in [4.78, 5) is 16.6. The number of fused-ring (bicyclic) bond motifs is 1. The molecule has 22 heavy (non-hydrogen) atoms. The van der Waals surface area contributed by atoms with E-state index in [1.54, 1.807) is 10.6 Å². The summed E-state index contributed by atoms with van der Waals surface area (Å²) in [5.74, 6) is -0.201. The van der Waals surface area contributed by atoms with E-state index in [2.05, 4.69) is 10.3 Å². The van der Waals surface area contributed by atoms with Crippen molar-refractivity contribution in [1.82, 2.24) is 9.38 Å². The molecule has 112 valence electrons. The monoisotopic (exact) mass is 295 g/mol. The molecular formula is C17H17N3O2. The number of aromatic nitrogens is 2. The lowest BCUT2D eigenvalue weighted by Crippen LogP contribution is -2.14. The number of hydrogen-bond acceptors (Lipinski definition) is 3. The minimum absolute atomic E-state index is 0.118. The van der Waals surface area contributed by atoms with Crippen molar-refractivity contribution in [3.8, 4) is 0 Å². The first-order valence-electron chi connectivity index (χ1n) is 7.12. The van der Waals surface area contributed by atoms with E-state index in [1.165, 1.54) is 0 Å². The third kappa shape index (κ3) is 2.84. The maximum absolute atomic E-state index is 12.4. The number of benzene rings is 1. The zero-order valence-corrected chi connectivity index (χ0v) is 12.3. The van der Waals surface area contributed by atoms with Crippen molar-refractivity contribution in [3.63, 3.8) is 0 Å². The molecule has 0 bridgehead atoms. The number of nitrogens with zero attached hydrogens (tertiary/aromatic N) is 2. The third-order valence-corrected chi connectivity index (χ3v) is 3.50. The van der Waals surface area contributed by atoms with Crippen molar-refractivity contribution < 1.29 is 9.90 Å². The number of carbonyl (C=O) groups is 1. The molecule has 5 nitrogen and oxygen atoms in total. The highest BCUT2D eigenvalue weighted by molar-refractivity contribution is 6.03. The van der Waals surface area contributed by atoms with Gasteiger partial charge >= 0.3 is 0 Å². The Morgan fingerprint density at radius 1 is 1.23 bits per heavy atom. The van der Waals surface area contributed by atoms with Crippen LogP contribution in [0, 0.1) is 6.92 Å². The highest BCUT2D eigenvalue weighted by Gasteiger charge is 2.12. The molecule has 0 aliphatic carbocycles. The number of aliphatic hydroxyl groups is 1. The largest absolute Gasteiger partial charge is 0.396 e. The molecule has 0 aliphatic rings. The molecule has 3 rings (SSSR count). The number of anilines is 1. The van der Waals surface area contributed by atoms with Crippen molar-refractivity contribution >= 4 is 17.2 Å². The normalized spacial score (nSPS) is 10.8. The van der Waals surface area contributed by atoms with E-state index in [9.17, 15) is 4.79 Å². The van der Waals surface area contributed by atoms with Gasteiger partial charge in [0.2, 0.25) is 0 Å². The van der Waals surface area contributed by atoms with Crippen LogP contribution >= 0.6 is 0 Å². The Labute approximate surface area is 128 Å². The number of imidazole rings is 1. The lowest BCUT2D eigenvalue weighted by Gasteiger charge is -2.06. The number of pyridine rings is 1. The number of amides is 1. The highest BCUT2D eigenvalue weighted by atomic mass is 16.3. The standard InChI is InChI=1S/C17H17N3O2/c1-12-2-7-16-18-10-15(20(16)11-12)17(22)19-14-5-3-13(4-6-14)8-9-21/h2-7,10-11,21H,8-9H2,1H3,(H,19,22). The van der Waals surface area contributed by atoms with E-state index in [-0.39, 0.29) is 12.5 Å². The fourth-order valence-electron chi connectivity index (χ4n) is 2.33. The van der Waals surface area contributed by atoms with E-state index < -0.39 is 0 Å². The molecule has 2 heterocycles. The van der Waals surface area contributed by atoms with Gasteiger partial charge in [-0.25, -0.2) is 4.98 Å². The molecule has 0 spiro atoms. The summed E-state index contributed by atoms with van der Waals surface area (Å²) in [5.41, 5.74) is 4.06. The maximum Gasteiger partial charge on any atom is 0.274 e. The molecule has 1 amide bonds. The molecule has 0 saturated heterocycles. The van der Waals surface area contributed by atoms with E-state index in [0.29, 0.717) is 17.8 Å². The molecule has 5 heteroatoms. The number of carbonyl (C=O) groups excluding carboxylic acids is 1. The van der Waals surface area contributed by atoms with Crippen molar-refractivity contribution in [2.45, 2.75) is 13.3 Å². The van der Waals surface area contributed by atoms with Crippen LogP contribution in [-0.4, -0.2) is 27.0 Å². The smallest absolute Gasteiger partial charge is 0.274 e. The van der Waals surface area contributed by atoms with Gasteiger partial charge in [0.15, 0.2) is 0 Å². The Hall–Kier alpha value is -2.66. The zero-order valence-electron chi connectivity index (χ0n) is 12.3. The third-order valence-electron chi connectivity index (χ3n) is 3.50. The first-order chi connectivity index (χ1) is 10.7. The Balaban J connectivity index is 1.82. The summed E-state index contributed by atoms with van der Waals surface area (Å²) in [7, 11) is 0. The van der Waals surface area contributed by atoms with Crippen molar-refractivity contribution in [2.75, 3.05) is 11.9 Å². The van der Waals surface area contributed by atoms with Gasteiger partial charge in [-0.2, -0.15) is 0 Å². The summed E-state index contributed by atoms with van der Waals surface area (Å²) in [5, 5.41) is 11.8. The molecule has 0 aliphatic heterocycles. The average Bonchev–Trinajstić information content (AvgIpc) is 2.92. The molecule has 0 saturated carbocycles. The van der Waals surface area contributed by atoms with Gasteiger partial charge in [-0.05, 0) is 42.7 Å². The van der Waals surface area contributed by atoms with E-state index in [4.69, 9.17) is 5.11 Å². The topological polar surface area (TPSA) is 66.6 Å². The van der Waals surface area contributed by atoms with Crippen LogP contribution in [0.3, 0.4) is 0 Å². The van der Waals surface area contributed by atoms with Crippen molar-refractivity contribution in [1.29, 1.82) is 0 Å². The summed E-state index contributed by atoms with van der Waals surface area (Å²) >= 11 is 0. The Morgan fingerprint density at radius 3 is 2.73 bits per heavy atom. The summed E-state index contributed by atoms with van der Waals surface area (Å²) in [6.07, 6.45) is 4.08. The van der Waals surface area contributed by atoms with Gasteiger partial charge in [0.25, 0.3) is 5.91 Å². The Morgan fingerprint density at radius 2 is 2.00 bits per heavy atom. The van der Waals surface area contributed by atoms with E-state index >= 15 is 0 Å².